The van der Waals surface area contributed by atoms with E-state index < -0.39 is 5.97 Å². The number of rotatable bonds is 3. The zero-order valence-electron chi connectivity index (χ0n) is 14.1. The van der Waals surface area contributed by atoms with Crippen molar-refractivity contribution in [2.24, 2.45) is 0 Å². The molecule has 2 aromatic carbocycles. The molecule has 0 aliphatic carbocycles. The molecule has 4 rings (SSSR count). The maximum absolute atomic E-state index is 14.9. The summed E-state index contributed by atoms with van der Waals surface area (Å²) in [7, 11) is 0. The molecule has 1 aliphatic heterocycles. The van der Waals surface area contributed by atoms with Gasteiger partial charge in [0.15, 0.2) is 0 Å². The zero-order chi connectivity index (χ0) is 17.4. The normalized spacial score (nSPS) is 15.8. The minimum atomic E-state index is -0.493. The summed E-state index contributed by atoms with van der Waals surface area (Å²) in [4.78, 5) is 12.1. The van der Waals surface area contributed by atoms with Gasteiger partial charge in [-0.2, -0.15) is 0 Å². The van der Waals surface area contributed by atoms with Crippen molar-refractivity contribution in [1.29, 1.82) is 0 Å². The highest BCUT2D eigenvalue weighted by Crippen LogP contribution is 2.37. The van der Waals surface area contributed by atoms with E-state index in [-0.39, 0.29) is 24.0 Å². The summed E-state index contributed by atoms with van der Waals surface area (Å²) in [6.07, 6.45) is 1.75. The van der Waals surface area contributed by atoms with Crippen molar-refractivity contribution in [1.82, 2.24) is 4.57 Å². The van der Waals surface area contributed by atoms with Crippen LogP contribution in [0.5, 0.6) is 0 Å². The third-order valence-corrected chi connectivity index (χ3v) is 4.83. The number of hydrogen-bond donors (Lipinski definition) is 0. The number of aromatic nitrogens is 1. The van der Waals surface area contributed by atoms with E-state index in [2.05, 4.69) is 4.57 Å². The van der Waals surface area contributed by atoms with Gasteiger partial charge in [-0.05, 0) is 38.0 Å². The Morgan fingerprint density at radius 3 is 2.76 bits per heavy atom. The van der Waals surface area contributed by atoms with Crippen LogP contribution in [-0.2, 0) is 9.47 Å². The summed E-state index contributed by atoms with van der Waals surface area (Å²) in [5.41, 5.74) is 1.99. The summed E-state index contributed by atoms with van der Waals surface area (Å²) < 4.78 is 27.6. The molecule has 0 N–H and O–H groups in total. The van der Waals surface area contributed by atoms with Gasteiger partial charge in [0.1, 0.15) is 5.82 Å². The number of nitrogens with zero attached hydrogens (tertiary/aromatic N) is 1. The van der Waals surface area contributed by atoms with Gasteiger partial charge in [0.05, 0.1) is 17.7 Å². The molecule has 1 aliphatic rings. The van der Waals surface area contributed by atoms with Crippen molar-refractivity contribution >= 4 is 27.8 Å². The van der Waals surface area contributed by atoms with Crippen LogP contribution in [0.15, 0.2) is 36.4 Å². The molecular weight excluding hydrogens is 321 g/mol. The molecule has 1 fully saturated rings. The molecule has 2 heterocycles. The Morgan fingerprint density at radius 1 is 1.24 bits per heavy atom. The number of carbonyl (C=O) groups is 1. The Hall–Kier alpha value is -2.40. The fraction of sp³-hybridized carbons (Fsp3) is 0.350. The van der Waals surface area contributed by atoms with E-state index in [9.17, 15) is 9.18 Å². The first kappa shape index (κ1) is 16.1. The molecule has 0 amide bonds. The van der Waals surface area contributed by atoms with Crippen LogP contribution < -0.4 is 0 Å². The van der Waals surface area contributed by atoms with Crippen LogP contribution in [0.3, 0.4) is 0 Å². The fourth-order valence-corrected chi connectivity index (χ4v) is 3.74. The molecule has 0 atom stereocenters. The molecule has 3 aromatic rings. The Morgan fingerprint density at radius 2 is 2.00 bits per heavy atom. The number of halogens is 1. The second-order valence-corrected chi connectivity index (χ2v) is 6.30. The van der Waals surface area contributed by atoms with Crippen LogP contribution in [0.1, 0.15) is 36.2 Å². The molecule has 1 aromatic heterocycles. The predicted octanol–water partition coefficient (Wildman–Crippen LogP) is 4.46. The number of ether oxygens (including phenoxy) is 2. The number of esters is 1. The Kier molecular flexibility index (Phi) is 4.17. The monoisotopic (exact) mass is 341 g/mol. The number of para-hydroxylation sites is 1. The van der Waals surface area contributed by atoms with E-state index in [0.29, 0.717) is 18.6 Å². The van der Waals surface area contributed by atoms with Crippen molar-refractivity contribution in [2.75, 3.05) is 19.8 Å². The third-order valence-electron chi connectivity index (χ3n) is 4.83. The quantitative estimate of drug-likeness (QED) is 0.660. The molecule has 0 saturated carbocycles. The van der Waals surface area contributed by atoms with E-state index in [1.807, 2.05) is 24.3 Å². The SMILES string of the molecule is CCOC(=O)c1cc(F)c2c3ccccc3n(C3CCOCC3)c2c1. The summed E-state index contributed by atoms with van der Waals surface area (Å²) in [6, 6.07) is 11.1. The molecule has 25 heavy (non-hydrogen) atoms. The summed E-state index contributed by atoms with van der Waals surface area (Å²) in [6.45, 7) is 3.39. The van der Waals surface area contributed by atoms with E-state index >= 15 is 0 Å². The van der Waals surface area contributed by atoms with Gasteiger partial charge >= 0.3 is 5.97 Å². The van der Waals surface area contributed by atoms with Gasteiger partial charge < -0.3 is 14.0 Å². The average Bonchev–Trinajstić information content (AvgIpc) is 2.97. The largest absolute Gasteiger partial charge is 0.462 e. The summed E-state index contributed by atoms with van der Waals surface area (Å²) in [5.74, 6) is -0.880. The minimum absolute atomic E-state index is 0.230. The van der Waals surface area contributed by atoms with Gasteiger partial charge in [-0.3, -0.25) is 0 Å². The topological polar surface area (TPSA) is 40.5 Å². The first-order chi connectivity index (χ1) is 12.2. The lowest BCUT2D eigenvalue weighted by atomic mass is 10.1. The smallest absolute Gasteiger partial charge is 0.338 e. The summed E-state index contributed by atoms with van der Waals surface area (Å²) >= 11 is 0. The third kappa shape index (κ3) is 2.68. The van der Waals surface area contributed by atoms with E-state index in [0.717, 1.165) is 29.3 Å². The first-order valence-electron chi connectivity index (χ1n) is 8.67. The highest BCUT2D eigenvalue weighted by molar-refractivity contribution is 6.10. The standard InChI is InChI=1S/C20H20FNO3/c1-2-25-20(23)13-11-16(21)19-15-5-3-4-6-17(15)22(18(19)12-13)14-7-9-24-10-8-14/h3-6,11-12,14H,2,7-10H2,1H3. The van der Waals surface area contributed by atoms with Crippen LogP contribution in [0.4, 0.5) is 4.39 Å². The molecule has 130 valence electrons. The molecule has 4 nitrogen and oxygen atoms in total. The van der Waals surface area contributed by atoms with Crippen molar-refractivity contribution in [3.05, 3.63) is 47.8 Å². The lowest BCUT2D eigenvalue weighted by Gasteiger charge is -2.25. The molecule has 1 saturated heterocycles. The number of benzene rings is 2. The lowest BCUT2D eigenvalue weighted by Crippen LogP contribution is -2.19. The Balaban J connectivity index is 2.00. The molecule has 0 radical (unpaired) electrons. The second-order valence-electron chi connectivity index (χ2n) is 6.30. The Bertz CT molecular complexity index is 941. The van der Waals surface area contributed by atoms with Crippen LogP contribution >= 0.6 is 0 Å². The second kappa shape index (κ2) is 6.48. The predicted molar refractivity (Wildman–Crippen MR) is 94.4 cm³/mol. The highest BCUT2D eigenvalue weighted by Gasteiger charge is 2.23. The van der Waals surface area contributed by atoms with Crippen LogP contribution in [0.2, 0.25) is 0 Å². The van der Waals surface area contributed by atoms with Crippen LogP contribution in [0.25, 0.3) is 21.8 Å². The van der Waals surface area contributed by atoms with Crippen molar-refractivity contribution < 1.29 is 18.7 Å². The van der Waals surface area contributed by atoms with Crippen molar-refractivity contribution in [3.8, 4) is 0 Å². The van der Waals surface area contributed by atoms with Gasteiger partial charge in [-0.25, -0.2) is 9.18 Å². The molecule has 0 unspecified atom stereocenters. The number of fused-ring (bicyclic) bond motifs is 3. The zero-order valence-corrected chi connectivity index (χ0v) is 14.1. The molecule has 0 spiro atoms. The van der Waals surface area contributed by atoms with Gasteiger partial charge in [0.25, 0.3) is 0 Å². The van der Waals surface area contributed by atoms with E-state index in [1.165, 1.54) is 6.07 Å². The van der Waals surface area contributed by atoms with Crippen molar-refractivity contribution in [2.45, 2.75) is 25.8 Å². The maximum atomic E-state index is 14.9. The van der Waals surface area contributed by atoms with Gasteiger partial charge in [-0.15, -0.1) is 0 Å². The highest BCUT2D eigenvalue weighted by atomic mass is 19.1. The lowest BCUT2D eigenvalue weighted by molar-refractivity contribution is 0.0525. The Labute approximate surface area is 145 Å². The molecule has 0 bridgehead atoms. The van der Waals surface area contributed by atoms with E-state index in [1.54, 1.807) is 13.0 Å². The van der Waals surface area contributed by atoms with Crippen molar-refractivity contribution in [3.63, 3.8) is 0 Å². The van der Waals surface area contributed by atoms with Gasteiger partial charge in [0.2, 0.25) is 0 Å². The molecule has 5 heteroatoms. The van der Waals surface area contributed by atoms with E-state index in [4.69, 9.17) is 9.47 Å². The first-order valence-corrected chi connectivity index (χ1v) is 8.67. The van der Waals surface area contributed by atoms with Gasteiger partial charge in [0, 0.05) is 35.5 Å². The summed E-state index contributed by atoms with van der Waals surface area (Å²) in [5, 5.41) is 1.44. The molecular formula is C20H20FNO3. The maximum Gasteiger partial charge on any atom is 0.338 e. The number of hydrogen-bond acceptors (Lipinski definition) is 3. The number of carbonyl (C=O) groups excluding carboxylic acids is 1. The van der Waals surface area contributed by atoms with Crippen LogP contribution in [-0.4, -0.2) is 30.4 Å². The average molecular weight is 341 g/mol. The van der Waals surface area contributed by atoms with Gasteiger partial charge in [-0.1, -0.05) is 18.2 Å². The van der Waals surface area contributed by atoms with Crippen LogP contribution in [0, 0.1) is 5.82 Å². The fourth-order valence-electron chi connectivity index (χ4n) is 3.74. The minimum Gasteiger partial charge on any atom is -0.462 e.